The average molecular weight is 414 g/mol. The fourth-order valence-corrected chi connectivity index (χ4v) is 4.48. The van der Waals surface area contributed by atoms with Crippen LogP contribution in [0.15, 0.2) is 48.7 Å². The van der Waals surface area contributed by atoms with Crippen LogP contribution in [0, 0.1) is 11.3 Å². The summed E-state index contributed by atoms with van der Waals surface area (Å²) >= 11 is 0. The van der Waals surface area contributed by atoms with Crippen molar-refractivity contribution in [2.45, 2.75) is 6.04 Å². The second-order valence-corrected chi connectivity index (χ2v) is 9.03. The Kier molecular flexibility index (Phi) is 6.80. The van der Waals surface area contributed by atoms with Crippen LogP contribution in [0.1, 0.15) is 17.2 Å². The van der Waals surface area contributed by atoms with Crippen molar-refractivity contribution in [1.29, 1.82) is 5.26 Å². The Morgan fingerprint density at radius 1 is 1.14 bits per heavy atom. The molecular formula is C20H23N5O3S. The van der Waals surface area contributed by atoms with E-state index in [1.165, 1.54) is 0 Å². The monoisotopic (exact) mass is 413 g/mol. The van der Waals surface area contributed by atoms with Gasteiger partial charge >= 0.3 is 0 Å². The lowest BCUT2D eigenvalue weighted by Gasteiger charge is -2.33. The highest BCUT2D eigenvalue weighted by atomic mass is 32.2. The third-order valence-electron chi connectivity index (χ3n) is 4.75. The number of hydrogen-bond acceptors (Lipinski definition) is 7. The summed E-state index contributed by atoms with van der Waals surface area (Å²) in [6, 6.07) is 14.2. The first kappa shape index (κ1) is 20.8. The second-order valence-electron chi connectivity index (χ2n) is 6.73. The van der Waals surface area contributed by atoms with Gasteiger partial charge in [-0.1, -0.05) is 30.3 Å². The lowest BCUT2D eigenvalue weighted by molar-refractivity contribution is -0.126. The minimum absolute atomic E-state index is 0.0573. The van der Waals surface area contributed by atoms with Gasteiger partial charge in [0.1, 0.15) is 17.9 Å². The molecular weight excluding hydrogens is 390 g/mol. The Morgan fingerprint density at radius 2 is 1.86 bits per heavy atom. The molecule has 1 fully saturated rings. The summed E-state index contributed by atoms with van der Waals surface area (Å²) in [6.07, 6.45) is 1.59. The van der Waals surface area contributed by atoms with Gasteiger partial charge in [0.25, 0.3) is 0 Å². The van der Waals surface area contributed by atoms with Gasteiger partial charge in [0.15, 0.2) is 9.84 Å². The third kappa shape index (κ3) is 5.53. The largest absolute Gasteiger partial charge is 0.367 e. The summed E-state index contributed by atoms with van der Waals surface area (Å²) in [6.45, 7) is 1.41. The molecule has 1 atom stereocenters. The molecule has 2 N–H and O–H groups in total. The van der Waals surface area contributed by atoms with Crippen molar-refractivity contribution in [2.24, 2.45) is 0 Å². The molecule has 1 unspecified atom stereocenters. The van der Waals surface area contributed by atoms with E-state index in [0.717, 1.165) is 5.56 Å². The standard InChI is InChI=1S/C20H23N5O3S/c21-15-17-7-4-8-22-19(17)23-9-10-24-20(26)18(16-5-2-1-3-6-16)25-11-13-29(27,28)14-12-25/h1-8,18H,9-14H2,(H,22,23)(H,24,26). The Balaban J connectivity index is 1.62. The van der Waals surface area contributed by atoms with Crippen LogP contribution in [0.4, 0.5) is 5.82 Å². The SMILES string of the molecule is N#Cc1cccnc1NCCNC(=O)C(c1ccccc1)N1CCS(=O)(=O)CC1. The number of nitriles is 1. The van der Waals surface area contributed by atoms with Crippen LogP contribution in [0.25, 0.3) is 0 Å². The number of nitrogens with one attached hydrogen (secondary N) is 2. The topological polar surface area (TPSA) is 115 Å². The van der Waals surface area contributed by atoms with Crippen molar-refractivity contribution in [2.75, 3.05) is 43.0 Å². The summed E-state index contributed by atoms with van der Waals surface area (Å²) < 4.78 is 23.5. The van der Waals surface area contributed by atoms with Crippen LogP contribution < -0.4 is 10.6 Å². The minimum atomic E-state index is -3.03. The maximum Gasteiger partial charge on any atom is 0.242 e. The van der Waals surface area contributed by atoms with Gasteiger partial charge in [-0.25, -0.2) is 13.4 Å². The zero-order valence-corrected chi connectivity index (χ0v) is 16.7. The van der Waals surface area contributed by atoms with E-state index in [4.69, 9.17) is 5.26 Å². The molecule has 3 rings (SSSR count). The molecule has 152 valence electrons. The van der Waals surface area contributed by atoms with E-state index in [1.54, 1.807) is 18.3 Å². The molecule has 0 radical (unpaired) electrons. The minimum Gasteiger partial charge on any atom is -0.367 e. The molecule has 0 spiro atoms. The van der Waals surface area contributed by atoms with Gasteiger partial charge in [0.05, 0.1) is 17.1 Å². The maximum absolute atomic E-state index is 12.9. The average Bonchev–Trinajstić information content (AvgIpc) is 2.73. The Labute approximate surface area is 170 Å². The highest BCUT2D eigenvalue weighted by molar-refractivity contribution is 7.91. The number of amides is 1. The predicted octanol–water partition coefficient (Wildman–Crippen LogP) is 0.953. The summed E-state index contributed by atoms with van der Waals surface area (Å²) in [5.74, 6) is 0.410. The number of pyridine rings is 1. The highest BCUT2D eigenvalue weighted by Gasteiger charge is 2.32. The van der Waals surface area contributed by atoms with E-state index in [2.05, 4.69) is 21.7 Å². The van der Waals surface area contributed by atoms with E-state index in [9.17, 15) is 13.2 Å². The Hall–Kier alpha value is -2.96. The van der Waals surface area contributed by atoms with Gasteiger partial charge in [-0.15, -0.1) is 0 Å². The lowest BCUT2D eigenvalue weighted by atomic mass is 10.0. The number of benzene rings is 1. The van der Waals surface area contributed by atoms with Gasteiger partial charge in [-0.05, 0) is 17.7 Å². The van der Waals surface area contributed by atoms with Crippen molar-refractivity contribution in [1.82, 2.24) is 15.2 Å². The quantitative estimate of drug-likeness (QED) is 0.650. The maximum atomic E-state index is 12.9. The van der Waals surface area contributed by atoms with Crippen LogP contribution in [-0.4, -0.2) is 61.9 Å². The third-order valence-corrected chi connectivity index (χ3v) is 6.36. The summed E-state index contributed by atoms with van der Waals surface area (Å²) in [5.41, 5.74) is 1.27. The van der Waals surface area contributed by atoms with Gasteiger partial charge < -0.3 is 10.6 Å². The number of nitrogens with zero attached hydrogens (tertiary/aromatic N) is 3. The fraction of sp³-hybridized carbons (Fsp3) is 0.350. The first-order chi connectivity index (χ1) is 14.0. The predicted molar refractivity (Wildman–Crippen MR) is 110 cm³/mol. The number of anilines is 1. The molecule has 1 saturated heterocycles. The summed E-state index contributed by atoms with van der Waals surface area (Å²) in [4.78, 5) is 19.0. The van der Waals surface area contributed by atoms with E-state index in [1.807, 2.05) is 35.2 Å². The second kappa shape index (κ2) is 9.49. The zero-order chi connectivity index (χ0) is 20.7. The molecule has 0 aliphatic carbocycles. The molecule has 9 heteroatoms. The van der Waals surface area contributed by atoms with Gasteiger partial charge in [0.2, 0.25) is 5.91 Å². The van der Waals surface area contributed by atoms with Gasteiger partial charge in [-0.3, -0.25) is 9.69 Å². The van der Waals surface area contributed by atoms with Crippen molar-refractivity contribution >= 4 is 21.6 Å². The number of aromatic nitrogens is 1. The number of sulfone groups is 1. The Morgan fingerprint density at radius 3 is 2.55 bits per heavy atom. The smallest absolute Gasteiger partial charge is 0.242 e. The molecule has 29 heavy (non-hydrogen) atoms. The number of rotatable bonds is 7. The molecule has 1 amide bonds. The molecule has 2 aromatic rings. The van der Waals surface area contributed by atoms with Crippen molar-refractivity contribution < 1.29 is 13.2 Å². The van der Waals surface area contributed by atoms with Gasteiger partial charge in [-0.2, -0.15) is 5.26 Å². The molecule has 1 aliphatic rings. The molecule has 1 aromatic carbocycles. The van der Waals surface area contributed by atoms with Crippen molar-refractivity contribution in [3.63, 3.8) is 0 Å². The van der Waals surface area contributed by atoms with Gasteiger partial charge in [0, 0.05) is 32.4 Å². The first-order valence-corrected chi connectivity index (χ1v) is 11.2. The van der Waals surface area contributed by atoms with Crippen molar-refractivity contribution in [3.8, 4) is 6.07 Å². The Bertz CT molecular complexity index is 975. The van der Waals surface area contributed by atoms with Crippen molar-refractivity contribution in [3.05, 3.63) is 59.8 Å². The van der Waals surface area contributed by atoms with Crippen LogP contribution >= 0.6 is 0 Å². The normalized spacial score (nSPS) is 17.1. The van der Waals surface area contributed by atoms with Crippen LogP contribution in [0.2, 0.25) is 0 Å². The highest BCUT2D eigenvalue weighted by Crippen LogP contribution is 2.23. The van der Waals surface area contributed by atoms with E-state index >= 15 is 0 Å². The summed E-state index contributed by atoms with van der Waals surface area (Å²) in [5, 5.41) is 15.0. The number of hydrogen-bond donors (Lipinski definition) is 2. The fourth-order valence-electron chi connectivity index (χ4n) is 3.25. The number of carbonyl (C=O) groups is 1. The molecule has 8 nitrogen and oxygen atoms in total. The summed E-state index contributed by atoms with van der Waals surface area (Å²) in [7, 11) is -3.03. The molecule has 0 saturated carbocycles. The van der Waals surface area contributed by atoms with E-state index in [-0.39, 0.29) is 17.4 Å². The molecule has 2 heterocycles. The number of carbonyl (C=O) groups excluding carboxylic acids is 1. The zero-order valence-electron chi connectivity index (χ0n) is 15.9. The molecule has 1 aromatic heterocycles. The molecule has 1 aliphatic heterocycles. The van der Waals surface area contributed by atoms with Crippen LogP contribution in [-0.2, 0) is 14.6 Å². The van der Waals surface area contributed by atoms with Crippen LogP contribution in [0.5, 0.6) is 0 Å². The van der Waals surface area contributed by atoms with Crippen LogP contribution in [0.3, 0.4) is 0 Å². The lowest BCUT2D eigenvalue weighted by Crippen LogP contribution is -2.48. The molecule has 0 bridgehead atoms. The van der Waals surface area contributed by atoms with E-state index < -0.39 is 15.9 Å². The van der Waals surface area contributed by atoms with E-state index in [0.29, 0.717) is 37.6 Å². The first-order valence-electron chi connectivity index (χ1n) is 9.36.